The quantitative estimate of drug-likeness (QED) is 0.646. The summed E-state index contributed by atoms with van der Waals surface area (Å²) in [5.41, 5.74) is 0.752. The van der Waals surface area contributed by atoms with Crippen molar-refractivity contribution in [2.24, 2.45) is 0 Å². The molecule has 1 N–H and O–H groups in total. The Balaban J connectivity index is 1.73. The molecule has 0 aromatic carbocycles. The predicted octanol–water partition coefficient (Wildman–Crippen LogP) is 2.77. The first kappa shape index (κ1) is 15.3. The summed E-state index contributed by atoms with van der Waals surface area (Å²) in [5, 5.41) is 4.30. The lowest BCUT2D eigenvalue weighted by atomic mass is 10.2. The van der Waals surface area contributed by atoms with Gasteiger partial charge >= 0.3 is 5.97 Å². The minimum atomic E-state index is -0.427. The van der Waals surface area contributed by atoms with Crippen LogP contribution in [0.4, 0.5) is 0 Å². The number of rotatable bonds is 6. The van der Waals surface area contributed by atoms with Crippen molar-refractivity contribution in [3.63, 3.8) is 0 Å². The Hall–Kier alpha value is -1.07. The number of hydrogen-bond acceptors (Lipinski definition) is 5. The Kier molecular flexibility index (Phi) is 5.05. The zero-order chi connectivity index (χ0) is 14.6. The molecule has 1 aliphatic carbocycles. The van der Waals surface area contributed by atoms with Gasteiger partial charge in [-0.2, -0.15) is 0 Å². The molecule has 1 saturated carbocycles. The highest BCUT2D eigenvalue weighted by atomic mass is 32.2. The van der Waals surface area contributed by atoms with Gasteiger partial charge in [0.05, 0.1) is 10.8 Å². The Morgan fingerprint density at radius 2 is 2.20 bits per heavy atom. The van der Waals surface area contributed by atoms with Crippen LogP contribution in [0.1, 0.15) is 39.2 Å². The normalized spacial score (nSPS) is 15.2. The number of thioether (sulfide) groups is 1. The number of nitrogens with one attached hydrogen (secondary N) is 1. The second-order valence-corrected chi connectivity index (χ2v) is 7.03. The summed E-state index contributed by atoms with van der Waals surface area (Å²) in [4.78, 5) is 16.0. The van der Waals surface area contributed by atoms with Gasteiger partial charge in [-0.15, -0.1) is 0 Å². The molecule has 5 heteroatoms. The summed E-state index contributed by atoms with van der Waals surface area (Å²) < 4.78 is 5.26. The van der Waals surface area contributed by atoms with Crippen LogP contribution in [-0.4, -0.2) is 28.3 Å². The Morgan fingerprint density at radius 1 is 1.45 bits per heavy atom. The molecular formula is C15H22N2O2S. The summed E-state index contributed by atoms with van der Waals surface area (Å²) >= 11 is 1.41. The molecule has 110 valence electrons. The molecule has 1 aliphatic rings. The molecule has 4 nitrogen and oxygen atoms in total. The summed E-state index contributed by atoms with van der Waals surface area (Å²) in [6.45, 7) is 6.48. The van der Waals surface area contributed by atoms with Gasteiger partial charge in [-0.3, -0.25) is 4.79 Å². The van der Waals surface area contributed by atoms with E-state index in [0.717, 1.165) is 11.6 Å². The van der Waals surface area contributed by atoms with Crippen LogP contribution in [0.3, 0.4) is 0 Å². The van der Waals surface area contributed by atoms with Crippen LogP contribution in [0.2, 0.25) is 0 Å². The van der Waals surface area contributed by atoms with Crippen molar-refractivity contribution in [3.05, 3.63) is 23.9 Å². The van der Waals surface area contributed by atoms with E-state index in [1.165, 1.54) is 30.2 Å². The predicted molar refractivity (Wildman–Crippen MR) is 80.7 cm³/mol. The number of hydrogen-bond donors (Lipinski definition) is 1. The van der Waals surface area contributed by atoms with E-state index < -0.39 is 5.60 Å². The highest BCUT2D eigenvalue weighted by molar-refractivity contribution is 7.99. The standard InChI is InChI=1S/C15H22N2O2S/c1-15(2,3)19-14(18)10-20-13-7-4-11(9-17-13)8-16-12-5-6-12/h4,7,9,12,16H,5-6,8,10H2,1-3H3. The first-order valence-electron chi connectivity index (χ1n) is 6.95. The van der Waals surface area contributed by atoms with Crippen molar-refractivity contribution < 1.29 is 9.53 Å². The van der Waals surface area contributed by atoms with E-state index in [4.69, 9.17) is 4.74 Å². The van der Waals surface area contributed by atoms with Crippen LogP contribution in [0.5, 0.6) is 0 Å². The second kappa shape index (κ2) is 6.59. The van der Waals surface area contributed by atoms with E-state index in [-0.39, 0.29) is 5.97 Å². The average Bonchev–Trinajstić information content (AvgIpc) is 3.17. The molecule has 1 aromatic heterocycles. The lowest BCUT2D eigenvalue weighted by Crippen LogP contribution is -2.24. The maximum absolute atomic E-state index is 11.6. The van der Waals surface area contributed by atoms with Crippen molar-refractivity contribution in [3.8, 4) is 0 Å². The van der Waals surface area contributed by atoms with Crippen LogP contribution in [-0.2, 0) is 16.1 Å². The van der Waals surface area contributed by atoms with Crippen LogP contribution in [0.25, 0.3) is 0 Å². The number of pyridine rings is 1. The third kappa shape index (κ3) is 5.92. The fourth-order valence-electron chi connectivity index (χ4n) is 1.65. The molecule has 1 heterocycles. The van der Waals surface area contributed by atoms with Gasteiger partial charge in [-0.1, -0.05) is 17.8 Å². The molecule has 0 atom stereocenters. The van der Waals surface area contributed by atoms with E-state index in [2.05, 4.69) is 16.4 Å². The highest BCUT2D eigenvalue weighted by Gasteiger charge is 2.20. The number of esters is 1. The minimum Gasteiger partial charge on any atom is -0.459 e. The minimum absolute atomic E-state index is 0.205. The SMILES string of the molecule is CC(C)(C)OC(=O)CSc1ccc(CNC2CC2)cn1. The molecule has 0 spiro atoms. The zero-order valence-corrected chi connectivity index (χ0v) is 13.1. The lowest BCUT2D eigenvalue weighted by Gasteiger charge is -2.19. The summed E-state index contributed by atoms with van der Waals surface area (Å²) in [7, 11) is 0. The van der Waals surface area contributed by atoms with Crippen LogP contribution >= 0.6 is 11.8 Å². The number of aromatic nitrogens is 1. The van der Waals surface area contributed by atoms with Gasteiger partial charge < -0.3 is 10.1 Å². The molecule has 0 aliphatic heterocycles. The molecule has 0 bridgehead atoms. The summed E-state index contributed by atoms with van der Waals surface area (Å²) in [6.07, 6.45) is 4.45. The van der Waals surface area contributed by atoms with Crippen LogP contribution in [0.15, 0.2) is 23.4 Å². The Bertz CT molecular complexity index is 450. The Morgan fingerprint density at radius 3 is 2.75 bits per heavy atom. The smallest absolute Gasteiger partial charge is 0.316 e. The van der Waals surface area contributed by atoms with Gasteiger partial charge in [-0.25, -0.2) is 4.98 Å². The number of carbonyl (C=O) groups is 1. The van der Waals surface area contributed by atoms with Gasteiger partial charge in [0.2, 0.25) is 0 Å². The van der Waals surface area contributed by atoms with Crippen molar-refractivity contribution in [1.29, 1.82) is 0 Å². The molecule has 0 radical (unpaired) electrons. The number of nitrogens with zero attached hydrogens (tertiary/aromatic N) is 1. The number of carbonyl (C=O) groups excluding carboxylic acids is 1. The maximum atomic E-state index is 11.6. The van der Waals surface area contributed by atoms with Gasteiger partial charge in [0.15, 0.2) is 0 Å². The second-order valence-electron chi connectivity index (χ2n) is 6.03. The average molecular weight is 294 g/mol. The first-order valence-corrected chi connectivity index (χ1v) is 7.94. The van der Waals surface area contributed by atoms with E-state index in [1.807, 2.05) is 33.0 Å². The fourth-order valence-corrected chi connectivity index (χ4v) is 2.27. The van der Waals surface area contributed by atoms with E-state index in [0.29, 0.717) is 11.8 Å². The molecule has 0 saturated heterocycles. The third-order valence-electron chi connectivity index (χ3n) is 2.73. The van der Waals surface area contributed by atoms with Crippen molar-refractivity contribution in [2.45, 2.75) is 56.8 Å². The Labute approximate surface area is 124 Å². The van der Waals surface area contributed by atoms with Gasteiger partial charge in [0.1, 0.15) is 5.60 Å². The number of ether oxygens (including phenoxy) is 1. The molecule has 0 unspecified atom stereocenters. The topological polar surface area (TPSA) is 51.2 Å². The largest absolute Gasteiger partial charge is 0.459 e. The monoisotopic (exact) mass is 294 g/mol. The maximum Gasteiger partial charge on any atom is 0.316 e. The van der Waals surface area contributed by atoms with Gasteiger partial charge in [-0.05, 0) is 45.2 Å². The highest BCUT2D eigenvalue weighted by Crippen LogP contribution is 2.20. The fraction of sp³-hybridized carbons (Fsp3) is 0.600. The molecule has 1 aromatic rings. The molecule has 1 fully saturated rings. The molecular weight excluding hydrogens is 272 g/mol. The van der Waals surface area contributed by atoms with E-state index in [1.54, 1.807) is 0 Å². The van der Waals surface area contributed by atoms with E-state index >= 15 is 0 Å². The van der Waals surface area contributed by atoms with Crippen molar-refractivity contribution in [1.82, 2.24) is 10.3 Å². The summed E-state index contributed by atoms with van der Waals surface area (Å²) in [6, 6.07) is 4.72. The third-order valence-corrected chi connectivity index (χ3v) is 3.65. The lowest BCUT2D eigenvalue weighted by molar-refractivity contribution is -0.151. The van der Waals surface area contributed by atoms with Crippen molar-refractivity contribution >= 4 is 17.7 Å². The van der Waals surface area contributed by atoms with Gasteiger partial charge in [0.25, 0.3) is 0 Å². The van der Waals surface area contributed by atoms with Gasteiger partial charge in [0, 0.05) is 18.8 Å². The molecule has 20 heavy (non-hydrogen) atoms. The van der Waals surface area contributed by atoms with Crippen molar-refractivity contribution in [2.75, 3.05) is 5.75 Å². The van der Waals surface area contributed by atoms with Crippen LogP contribution < -0.4 is 5.32 Å². The first-order chi connectivity index (χ1) is 9.42. The molecule has 0 amide bonds. The summed E-state index contributed by atoms with van der Waals surface area (Å²) in [5.74, 6) is 0.0907. The molecule has 2 rings (SSSR count). The van der Waals surface area contributed by atoms with Crippen LogP contribution in [0, 0.1) is 0 Å². The zero-order valence-electron chi connectivity index (χ0n) is 12.3. The van der Waals surface area contributed by atoms with E-state index in [9.17, 15) is 4.79 Å².